The number of carbonyl (C=O) groups excluding carboxylic acids is 2. The highest BCUT2D eigenvalue weighted by Gasteiger charge is 2.26. The molecule has 0 aromatic heterocycles. The number of hydrogen-bond donors (Lipinski definition) is 1. The average Bonchev–Trinajstić information content (AvgIpc) is 2.62. The predicted octanol–water partition coefficient (Wildman–Crippen LogP) is 4.56. The van der Waals surface area contributed by atoms with Crippen LogP contribution in [-0.4, -0.2) is 29.8 Å². The number of benzene rings is 2. The molecular formula is C22H27BrN2O2. The molecule has 4 nitrogen and oxygen atoms in total. The van der Waals surface area contributed by atoms with E-state index < -0.39 is 6.04 Å². The number of hydrogen-bond acceptors (Lipinski definition) is 2. The summed E-state index contributed by atoms with van der Waals surface area (Å²) in [5, 5.41) is 2.94. The van der Waals surface area contributed by atoms with Crippen LogP contribution in [0.25, 0.3) is 0 Å². The third-order valence-electron chi connectivity index (χ3n) is 4.44. The fourth-order valence-corrected chi connectivity index (χ4v) is 3.39. The van der Waals surface area contributed by atoms with Gasteiger partial charge in [0.2, 0.25) is 5.91 Å². The van der Waals surface area contributed by atoms with Crippen molar-refractivity contribution in [2.24, 2.45) is 5.92 Å². The molecule has 1 N–H and O–H groups in total. The molecule has 2 aromatic rings. The van der Waals surface area contributed by atoms with E-state index in [1.165, 1.54) is 0 Å². The maximum absolute atomic E-state index is 13.0. The minimum absolute atomic E-state index is 0.0820. The second-order valence-corrected chi connectivity index (χ2v) is 8.11. The van der Waals surface area contributed by atoms with Gasteiger partial charge in [0.25, 0.3) is 5.91 Å². The monoisotopic (exact) mass is 430 g/mol. The van der Waals surface area contributed by atoms with E-state index in [0.29, 0.717) is 18.5 Å². The van der Waals surface area contributed by atoms with Crippen molar-refractivity contribution < 1.29 is 9.59 Å². The van der Waals surface area contributed by atoms with Crippen molar-refractivity contribution in [2.75, 3.05) is 7.05 Å². The molecule has 0 saturated heterocycles. The number of nitrogens with one attached hydrogen (secondary N) is 1. The van der Waals surface area contributed by atoms with Crippen LogP contribution >= 0.6 is 15.9 Å². The first-order valence-corrected chi connectivity index (χ1v) is 9.93. The van der Waals surface area contributed by atoms with Crippen LogP contribution in [0.15, 0.2) is 53.0 Å². The highest BCUT2D eigenvalue weighted by molar-refractivity contribution is 9.10. The van der Waals surface area contributed by atoms with Gasteiger partial charge in [-0.3, -0.25) is 9.59 Å². The number of amides is 2. The summed E-state index contributed by atoms with van der Waals surface area (Å²) in [4.78, 5) is 27.4. The van der Waals surface area contributed by atoms with E-state index in [1.807, 2.05) is 63.2 Å². The van der Waals surface area contributed by atoms with Crippen molar-refractivity contribution in [2.45, 2.75) is 39.8 Å². The SMILES string of the molecule is Cc1ccccc1C(=O)NC(CC(C)C)C(=O)N(C)Cc1ccccc1Br. The first-order chi connectivity index (χ1) is 12.8. The Balaban J connectivity index is 2.14. The number of carbonyl (C=O) groups is 2. The quantitative estimate of drug-likeness (QED) is 0.699. The van der Waals surface area contributed by atoms with Gasteiger partial charge in [-0.1, -0.05) is 66.2 Å². The lowest BCUT2D eigenvalue weighted by Gasteiger charge is -2.26. The van der Waals surface area contributed by atoms with Crippen molar-refractivity contribution in [1.29, 1.82) is 0 Å². The number of nitrogens with zero attached hydrogens (tertiary/aromatic N) is 1. The van der Waals surface area contributed by atoms with Crippen LogP contribution in [0.1, 0.15) is 41.8 Å². The molecule has 0 aliphatic heterocycles. The van der Waals surface area contributed by atoms with E-state index in [2.05, 4.69) is 21.2 Å². The van der Waals surface area contributed by atoms with E-state index in [4.69, 9.17) is 0 Å². The summed E-state index contributed by atoms with van der Waals surface area (Å²) in [5.74, 6) is -0.00393. The number of halogens is 1. The molecule has 0 heterocycles. The summed E-state index contributed by atoms with van der Waals surface area (Å²) in [5.41, 5.74) is 2.53. The molecule has 5 heteroatoms. The topological polar surface area (TPSA) is 49.4 Å². The Morgan fingerprint density at radius 2 is 1.70 bits per heavy atom. The summed E-state index contributed by atoms with van der Waals surface area (Å²) in [7, 11) is 1.77. The Bertz CT molecular complexity index is 804. The van der Waals surface area contributed by atoms with Gasteiger partial charge in [0.1, 0.15) is 6.04 Å². The van der Waals surface area contributed by atoms with Gasteiger partial charge in [-0.15, -0.1) is 0 Å². The summed E-state index contributed by atoms with van der Waals surface area (Å²) in [6.07, 6.45) is 0.594. The molecule has 0 spiro atoms. The highest BCUT2D eigenvalue weighted by Crippen LogP contribution is 2.18. The van der Waals surface area contributed by atoms with Crippen LogP contribution in [0, 0.1) is 12.8 Å². The lowest BCUT2D eigenvalue weighted by atomic mass is 10.0. The molecule has 0 saturated carbocycles. The molecule has 2 amide bonds. The zero-order valence-corrected chi connectivity index (χ0v) is 17.9. The van der Waals surface area contributed by atoms with Gasteiger partial charge < -0.3 is 10.2 Å². The Morgan fingerprint density at radius 1 is 1.07 bits per heavy atom. The van der Waals surface area contributed by atoms with E-state index >= 15 is 0 Å². The summed E-state index contributed by atoms with van der Waals surface area (Å²) in [6.45, 7) is 6.48. The highest BCUT2D eigenvalue weighted by atomic mass is 79.9. The normalized spacial score (nSPS) is 11.9. The van der Waals surface area contributed by atoms with Crippen molar-refractivity contribution in [3.8, 4) is 0 Å². The second-order valence-electron chi connectivity index (χ2n) is 7.26. The fourth-order valence-electron chi connectivity index (χ4n) is 2.98. The van der Waals surface area contributed by atoms with Crippen molar-refractivity contribution in [3.05, 3.63) is 69.7 Å². The number of likely N-dealkylation sites (N-methyl/N-ethyl adjacent to an activating group) is 1. The predicted molar refractivity (Wildman–Crippen MR) is 113 cm³/mol. The average molecular weight is 431 g/mol. The molecule has 1 unspecified atom stereocenters. The third-order valence-corrected chi connectivity index (χ3v) is 5.22. The fraction of sp³-hybridized carbons (Fsp3) is 0.364. The van der Waals surface area contributed by atoms with Gasteiger partial charge in [0.05, 0.1) is 0 Å². The van der Waals surface area contributed by atoms with Crippen molar-refractivity contribution >= 4 is 27.7 Å². The summed E-state index contributed by atoms with van der Waals surface area (Å²) >= 11 is 3.52. The lowest BCUT2D eigenvalue weighted by molar-refractivity contribution is -0.132. The molecule has 1 atom stereocenters. The van der Waals surface area contributed by atoms with Crippen LogP contribution in [0.2, 0.25) is 0 Å². The molecule has 0 aliphatic rings. The largest absolute Gasteiger partial charge is 0.340 e. The van der Waals surface area contributed by atoms with Gasteiger partial charge in [-0.05, 0) is 42.5 Å². The molecule has 27 heavy (non-hydrogen) atoms. The molecular weight excluding hydrogens is 404 g/mol. The second kappa shape index (κ2) is 9.70. The molecule has 144 valence electrons. The molecule has 0 fully saturated rings. The van der Waals surface area contributed by atoms with E-state index in [0.717, 1.165) is 15.6 Å². The van der Waals surface area contributed by atoms with Gasteiger partial charge in [0.15, 0.2) is 0 Å². The maximum Gasteiger partial charge on any atom is 0.252 e. The first kappa shape index (κ1) is 21.2. The minimum Gasteiger partial charge on any atom is -0.340 e. The van der Waals surface area contributed by atoms with Gasteiger partial charge in [0, 0.05) is 23.6 Å². The Kier molecular flexibility index (Phi) is 7.60. The third kappa shape index (κ3) is 5.93. The molecule has 2 aromatic carbocycles. The smallest absolute Gasteiger partial charge is 0.252 e. The van der Waals surface area contributed by atoms with Crippen LogP contribution in [0.3, 0.4) is 0 Å². The molecule has 0 bridgehead atoms. The lowest BCUT2D eigenvalue weighted by Crippen LogP contribution is -2.48. The summed E-state index contributed by atoms with van der Waals surface area (Å²) in [6, 6.07) is 14.7. The molecule has 2 rings (SSSR count). The van der Waals surface area contributed by atoms with Gasteiger partial charge in [-0.25, -0.2) is 0 Å². The van der Waals surface area contributed by atoms with Gasteiger partial charge in [-0.2, -0.15) is 0 Å². The Hall–Kier alpha value is -2.14. The Labute approximate surface area is 170 Å². The maximum atomic E-state index is 13.0. The van der Waals surface area contributed by atoms with E-state index in [-0.39, 0.29) is 17.7 Å². The van der Waals surface area contributed by atoms with Crippen LogP contribution in [0.4, 0.5) is 0 Å². The van der Waals surface area contributed by atoms with Gasteiger partial charge >= 0.3 is 0 Å². The van der Waals surface area contributed by atoms with Crippen LogP contribution in [-0.2, 0) is 11.3 Å². The molecule has 0 radical (unpaired) electrons. The summed E-state index contributed by atoms with van der Waals surface area (Å²) < 4.78 is 0.967. The first-order valence-electron chi connectivity index (χ1n) is 9.14. The number of rotatable bonds is 7. The van der Waals surface area contributed by atoms with E-state index in [1.54, 1.807) is 18.0 Å². The minimum atomic E-state index is -0.551. The van der Waals surface area contributed by atoms with E-state index in [9.17, 15) is 9.59 Å². The molecule has 0 aliphatic carbocycles. The zero-order valence-electron chi connectivity index (χ0n) is 16.3. The standard InChI is InChI=1S/C22H27BrN2O2/c1-15(2)13-20(24-21(26)18-11-7-5-9-16(18)3)22(27)25(4)14-17-10-6-8-12-19(17)23/h5-12,15,20H,13-14H2,1-4H3,(H,24,26). The van der Waals surface area contributed by atoms with Crippen LogP contribution < -0.4 is 5.32 Å². The zero-order chi connectivity index (χ0) is 20.0. The van der Waals surface area contributed by atoms with Crippen LogP contribution in [0.5, 0.6) is 0 Å². The number of aryl methyl sites for hydroxylation is 1. The van der Waals surface area contributed by atoms with Crippen molar-refractivity contribution in [3.63, 3.8) is 0 Å². The van der Waals surface area contributed by atoms with Crippen molar-refractivity contribution in [1.82, 2.24) is 10.2 Å². The Morgan fingerprint density at radius 3 is 2.33 bits per heavy atom.